The minimum Gasteiger partial charge on any atom is -0.533 e. The van der Waals surface area contributed by atoms with Gasteiger partial charge in [0.15, 0.2) is 11.5 Å². The molecule has 0 aliphatic carbocycles. The molecular formula is C34H34ClFN2O3Si. The zero-order valence-corrected chi connectivity index (χ0v) is 26.1. The number of benzene rings is 4. The molecule has 5 aromatic rings. The van der Waals surface area contributed by atoms with E-state index in [1.165, 1.54) is 6.07 Å². The Morgan fingerprint density at radius 3 is 2.05 bits per heavy atom. The number of hydrogen-bond acceptors (Lipinski definition) is 5. The number of pyridine rings is 1. The molecule has 0 bridgehead atoms. The molecular weight excluding hydrogens is 567 g/mol. The third-order valence-electron chi connectivity index (χ3n) is 7.30. The second-order valence-corrected chi connectivity index (χ2v) is 15.6. The van der Waals surface area contributed by atoms with Crippen LogP contribution >= 0.6 is 11.6 Å². The van der Waals surface area contributed by atoms with Gasteiger partial charge in [-0.15, -0.1) is 0 Å². The summed E-state index contributed by atoms with van der Waals surface area (Å²) in [5, 5.41) is 6.10. The van der Waals surface area contributed by atoms with Gasteiger partial charge in [0.25, 0.3) is 0 Å². The smallest absolute Gasteiger partial charge is 0.320 e. The highest BCUT2D eigenvalue weighted by atomic mass is 35.5. The standard InChI is InChI=1S/C34H34ClFN2O3Si/c1-6-40-33-21-29-25(19-32(33)39-5)28(17-18-37-29)38-30-22-31(26(35)20-27(30)36)41-42(34(2,3)4,23-13-9-7-10-14-23)24-15-11-8-12-16-24/h7-22H,6H2,1-5H3,(H,37,38). The lowest BCUT2D eigenvalue weighted by molar-refractivity contribution is 0.311. The van der Waals surface area contributed by atoms with Crippen LogP contribution < -0.4 is 29.6 Å². The molecule has 0 spiro atoms. The van der Waals surface area contributed by atoms with Crippen LogP contribution in [0, 0.1) is 5.82 Å². The van der Waals surface area contributed by atoms with Gasteiger partial charge in [-0.1, -0.05) is 93.0 Å². The number of rotatable bonds is 9. The lowest BCUT2D eigenvalue weighted by Crippen LogP contribution is -2.68. The molecule has 0 aliphatic rings. The third-order valence-corrected chi connectivity index (χ3v) is 12.5. The zero-order valence-electron chi connectivity index (χ0n) is 24.4. The highest BCUT2D eigenvalue weighted by Gasteiger charge is 2.52. The molecule has 1 heterocycles. The molecule has 0 saturated carbocycles. The summed E-state index contributed by atoms with van der Waals surface area (Å²) in [5.74, 6) is 1.06. The predicted octanol–water partition coefficient (Wildman–Crippen LogP) is 8.12. The molecule has 1 N–H and O–H groups in total. The van der Waals surface area contributed by atoms with Crippen molar-refractivity contribution in [2.24, 2.45) is 0 Å². The first-order chi connectivity index (χ1) is 20.2. The van der Waals surface area contributed by atoms with Crippen LogP contribution in [0.2, 0.25) is 10.1 Å². The zero-order chi connectivity index (χ0) is 29.9. The molecule has 216 valence electrons. The van der Waals surface area contributed by atoms with Crippen LogP contribution in [-0.2, 0) is 0 Å². The minimum absolute atomic E-state index is 0.202. The fraction of sp³-hybridized carbons (Fsp3) is 0.206. The minimum atomic E-state index is -3.00. The summed E-state index contributed by atoms with van der Waals surface area (Å²) in [7, 11) is -1.42. The van der Waals surface area contributed by atoms with Gasteiger partial charge in [-0.05, 0) is 40.5 Å². The SMILES string of the molecule is CCOc1cc2nccc(Nc3cc(O[Si](c4ccccc4)(c4ccccc4)C(C)(C)C)c(Cl)cc3F)c2cc1OC. The molecule has 5 nitrogen and oxygen atoms in total. The van der Waals surface area contributed by atoms with Gasteiger partial charge in [-0.2, -0.15) is 0 Å². The summed E-state index contributed by atoms with van der Waals surface area (Å²) in [5.41, 5.74) is 1.56. The van der Waals surface area contributed by atoms with Gasteiger partial charge in [0.2, 0.25) is 0 Å². The van der Waals surface area contributed by atoms with Gasteiger partial charge in [-0.25, -0.2) is 4.39 Å². The number of methoxy groups -OCH3 is 1. The fourth-order valence-electron chi connectivity index (χ4n) is 5.35. The van der Waals surface area contributed by atoms with Gasteiger partial charge in [0.05, 0.1) is 29.9 Å². The van der Waals surface area contributed by atoms with E-state index < -0.39 is 14.1 Å². The summed E-state index contributed by atoms with van der Waals surface area (Å²) in [6.45, 7) is 8.95. The predicted molar refractivity (Wildman–Crippen MR) is 172 cm³/mol. The quantitative estimate of drug-likeness (QED) is 0.173. The first kappa shape index (κ1) is 29.4. The van der Waals surface area contributed by atoms with Crippen LogP contribution in [0.15, 0.2) is 97.2 Å². The van der Waals surface area contributed by atoms with E-state index in [0.29, 0.717) is 35.1 Å². The Kier molecular flexibility index (Phi) is 8.43. The summed E-state index contributed by atoms with van der Waals surface area (Å²) < 4.78 is 33.9. The van der Waals surface area contributed by atoms with Crippen molar-refractivity contribution in [3.05, 3.63) is 108 Å². The van der Waals surface area contributed by atoms with Gasteiger partial charge >= 0.3 is 8.32 Å². The number of nitrogens with one attached hydrogen (secondary N) is 1. The Bertz CT molecular complexity index is 1660. The van der Waals surface area contributed by atoms with Crippen LogP contribution in [0.1, 0.15) is 27.7 Å². The fourth-order valence-corrected chi connectivity index (χ4v) is 10.0. The number of anilines is 2. The van der Waals surface area contributed by atoms with Crippen molar-refractivity contribution in [1.29, 1.82) is 0 Å². The molecule has 8 heteroatoms. The molecule has 0 saturated heterocycles. The average molecular weight is 601 g/mol. The maximum absolute atomic E-state index is 15.5. The second-order valence-electron chi connectivity index (χ2n) is 11.0. The number of aromatic nitrogens is 1. The molecule has 4 aromatic carbocycles. The van der Waals surface area contributed by atoms with Crippen LogP contribution in [0.4, 0.5) is 15.8 Å². The molecule has 0 radical (unpaired) electrons. The Balaban J connectivity index is 1.63. The third kappa shape index (κ3) is 5.54. The molecule has 1 aromatic heterocycles. The number of fused-ring (bicyclic) bond motifs is 1. The normalized spacial score (nSPS) is 11.8. The van der Waals surface area contributed by atoms with Gasteiger partial charge in [-0.3, -0.25) is 4.98 Å². The van der Waals surface area contributed by atoms with Crippen molar-refractivity contribution in [3.63, 3.8) is 0 Å². The van der Waals surface area contributed by atoms with Gasteiger partial charge < -0.3 is 19.2 Å². The Hall–Kier alpha value is -4.07. The monoisotopic (exact) mass is 600 g/mol. The van der Waals surface area contributed by atoms with Crippen molar-refractivity contribution in [1.82, 2.24) is 4.98 Å². The van der Waals surface area contributed by atoms with E-state index in [0.717, 1.165) is 15.8 Å². The van der Waals surface area contributed by atoms with Crippen LogP contribution in [0.5, 0.6) is 17.2 Å². The molecule has 0 amide bonds. The molecule has 0 aliphatic heterocycles. The first-order valence-electron chi connectivity index (χ1n) is 13.8. The van der Waals surface area contributed by atoms with Crippen molar-refractivity contribution >= 4 is 52.6 Å². The Morgan fingerprint density at radius 2 is 1.48 bits per heavy atom. The lowest BCUT2D eigenvalue weighted by atomic mass is 10.1. The Morgan fingerprint density at radius 1 is 0.833 bits per heavy atom. The molecule has 5 rings (SSSR count). The van der Waals surface area contributed by atoms with E-state index in [4.69, 9.17) is 25.5 Å². The topological polar surface area (TPSA) is 52.6 Å². The highest BCUT2D eigenvalue weighted by Crippen LogP contribution is 2.42. The second kappa shape index (κ2) is 12.0. The summed E-state index contributed by atoms with van der Waals surface area (Å²) in [4.78, 5) is 4.49. The summed E-state index contributed by atoms with van der Waals surface area (Å²) in [6, 6.07) is 28.9. The van der Waals surface area contributed by atoms with E-state index in [9.17, 15) is 0 Å². The van der Waals surface area contributed by atoms with Crippen LogP contribution in [0.3, 0.4) is 0 Å². The van der Waals surface area contributed by atoms with Gasteiger partial charge in [0, 0.05) is 29.4 Å². The molecule has 0 atom stereocenters. The largest absolute Gasteiger partial charge is 0.533 e. The molecule has 0 unspecified atom stereocenters. The first-order valence-corrected chi connectivity index (χ1v) is 16.1. The lowest BCUT2D eigenvalue weighted by Gasteiger charge is -2.43. The highest BCUT2D eigenvalue weighted by molar-refractivity contribution is 7.00. The van der Waals surface area contributed by atoms with Crippen molar-refractivity contribution in [3.8, 4) is 17.2 Å². The van der Waals surface area contributed by atoms with E-state index in [1.807, 2.05) is 55.5 Å². The van der Waals surface area contributed by atoms with Crippen molar-refractivity contribution < 1.29 is 18.3 Å². The summed E-state index contributed by atoms with van der Waals surface area (Å²) in [6.07, 6.45) is 1.67. The van der Waals surface area contributed by atoms with E-state index >= 15 is 4.39 Å². The van der Waals surface area contributed by atoms with Crippen LogP contribution in [0.25, 0.3) is 10.9 Å². The number of hydrogen-bond donors (Lipinski definition) is 1. The summed E-state index contributed by atoms with van der Waals surface area (Å²) >= 11 is 6.71. The van der Waals surface area contributed by atoms with Gasteiger partial charge in [0.1, 0.15) is 11.6 Å². The van der Waals surface area contributed by atoms with E-state index in [1.54, 1.807) is 25.4 Å². The number of ether oxygens (including phenoxy) is 2. The molecule has 42 heavy (non-hydrogen) atoms. The van der Waals surface area contributed by atoms with Crippen LogP contribution in [-0.4, -0.2) is 27.0 Å². The average Bonchev–Trinajstić information content (AvgIpc) is 2.98. The number of nitrogens with zero attached hydrogens (tertiary/aromatic N) is 1. The molecule has 0 fully saturated rings. The maximum Gasteiger partial charge on any atom is 0.320 e. The van der Waals surface area contributed by atoms with E-state index in [-0.39, 0.29) is 15.7 Å². The van der Waals surface area contributed by atoms with Crippen molar-refractivity contribution in [2.75, 3.05) is 19.0 Å². The Labute approximate surface area is 252 Å². The maximum atomic E-state index is 15.5. The van der Waals surface area contributed by atoms with Crippen molar-refractivity contribution in [2.45, 2.75) is 32.7 Å². The number of halogens is 2. The van der Waals surface area contributed by atoms with E-state index in [2.05, 4.69) is 55.3 Å².